The molecule has 146 valence electrons. The highest BCUT2D eigenvalue weighted by atomic mass is 16.4. The smallest absolute Gasteiger partial charge is 0.317 e. The van der Waals surface area contributed by atoms with E-state index in [2.05, 4.69) is 5.32 Å². The van der Waals surface area contributed by atoms with Gasteiger partial charge in [-0.2, -0.15) is 0 Å². The van der Waals surface area contributed by atoms with Crippen molar-refractivity contribution in [1.29, 1.82) is 0 Å². The molecule has 3 fully saturated rings. The highest BCUT2D eigenvalue weighted by Gasteiger charge is 2.31. The molecule has 1 heterocycles. The molecule has 3 amide bonds. The van der Waals surface area contributed by atoms with Crippen molar-refractivity contribution >= 4 is 17.9 Å². The average Bonchev–Trinajstić information content (AvgIpc) is 2.68. The summed E-state index contributed by atoms with van der Waals surface area (Å²) in [6, 6.07) is -0.00598. The molecule has 0 unspecified atom stereocenters. The molecular weight excluding hydrogens is 334 g/mol. The minimum atomic E-state index is -0.728. The van der Waals surface area contributed by atoms with E-state index in [9.17, 15) is 14.4 Å². The number of piperazine rings is 1. The van der Waals surface area contributed by atoms with Crippen molar-refractivity contribution in [3.63, 3.8) is 0 Å². The van der Waals surface area contributed by atoms with Gasteiger partial charge in [0.05, 0.1) is 5.92 Å². The number of nitrogens with zero attached hydrogens (tertiary/aromatic N) is 2. The van der Waals surface area contributed by atoms with Gasteiger partial charge in [-0.1, -0.05) is 19.3 Å². The first kappa shape index (κ1) is 19.0. The van der Waals surface area contributed by atoms with Crippen LogP contribution in [0.1, 0.15) is 57.8 Å². The first-order valence-corrected chi connectivity index (χ1v) is 10.1. The predicted molar refractivity (Wildman–Crippen MR) is 96.6 cm³/mol. The second kappa shape index (κ2) is 8.73. The minimum absolute atomic E-state index is 0.0694. The molecule has 3 aliphatic rings. The van der Waals surface area contributed by atoms with Gasteiger partial charge in [-0.3, -0.25) is 9.59 Å². The first-order chi connectivity index (χ1) is 12.5. The summed E-state index contributed by atoms with van der Waals surface area (Å²) in [5.74, 6) is -0.531. The summed E-state index contributed by atoms with van der Waals surface area (Å²) in [7, 11) is 0. The van der Waals surface area contributed by atoms with Crippen LogP contribution in [-0.4, -0.2) is 65.0 Å². The summed E-state index contributed by atoms with van der Waals surface area (Å²) < 4.78 is 0. The number of hydrogen-bond donors (Lipinski definition) is 2. The van der Waals surface area contributed by atoms with Crippen molar-refractivity contribution in [2.75, 3.05) is 26.2 Å². The van der Waals surface area contributed by atoms with Crippen LogP contribution in [0.3, 0.4) is 0 Å². The number of nitrogens with one attached hydrogen (secondary N) is 1. The van der Waals surface area contributed by atoms with E-state index in [0.717, 1.165) is 38.5 Å². The Labute approximate surface area is 155 Å². The van der Waals surface area contributed by atoms with Crippen LogP contribution in [0.4, 0.5) is 4.79 Å². The van der Waals surface area contributed by atoms with Gasteiger partial charge in [0, 0.05) is 38.1 Å². The summed E-state index contributed by atoms with van der Waals surface area (Å²) in [5, 5.41) is 12.1. The van der Waals surface area contributed by atoms with Crippen LogP contribution in [0.15, 0.2) is 0 Å². The predicted octanol–water partition coefficient (Wildman–Crippen LogP) is 2.06. The largest absolute Gasteiger partial charge is 0.481 e. The lowest BCUT2D eigenvalue weighted by molar-refractivity contribution is -0.143. The molecule has 0 bridgehead atoms. The van der Waals surface area contributed by atoms with E-state index in [0.29, 0.717) is 39.0 Å². The lowest BCUT2D eigenvalue weighted by Gasteiger charge is -2.38. The van der Waals surface area contributed by atoms with Crippen molar-refractivity contribution < 1.29 is 19.5 Å². The first-order valence-electron chi connectivity index (χ1n) is 10.1. The summed E-state index contributed by atoms with van der Waals surface area (Å²) >= 11 is 0. The van der Waals surface area contributed by atoms with Crippen molar-refractivity contribution in [3.05, 3.63) is 0 Å². The third-order valence-electron chi connectivity index (χ3n) is 6.24. The van der Waals surface area contributed by atoms with Gasteiger partial charge in [-0.25, -0.2) is 4.79 Å². The highest BCUT2D eigenvalue weighted by molar-refractivity contribution is 5.80. The lowest BCUT2D eigenvalue weighted by Crippen LogP contribution is -2.55. The van der Waals surface area contributed by atoms with Crippen LogP contribution < -0.4 is 5.32 Å². The molecule has 0 radical (unpaired) electrons. The molecule has 0 spiro atoms. The second-order valence-corrected chi connectivity index (χ2v) is 7.98. The molecule has 26 heavy (non-hydrogen) atoms. The van der Waals surface area contributed by atoms with Gasteiger partial charge >= 0.3 is 12.0 Å². The Bertz CT molecular complexity index is 517. The zero-order chi connectivity index (χ0) is 18.5. The van der Waals surface area contributed by atoms with Crippen LogP contribution in [0.5, 0.6) is 0 Å². The van der Waals surface area contributed by atoms with E-state index in [4.69, 9.17) is 5.11 Å². The van der Waals surface area contributed by atoms with Crippen LogP contribution in [0.2, 0.25) is 0 Å². The Morgan fingerprint density at radius 3 is 1.88 bits per heavy atom. The Balaban J connectivity index is 1.39. The molecule has 0 atom stereocenters. The molecule has 0 aromatic heterocycles. The molecule has 2 aliphatic carbocycles. The van der Waals surface area contributed by atoms with Gasteiger partial charge < -0.3 is 20.2 Å². The number of carbonyl (C=O) groups excluding carboxylic acids is 2. The molecule has 7 heteroatoms. The fourth-order valence-electron chi connectivity index (χ4n) is 4.49. The maximum atomic E-state index is 12.6. The average molecular weight is 365 g/mol. The summed E-state index contributed by atoms with van der Waals surface area (Å²) in [4.78, 5) is 39.8. The highest BCUT2D eigenvalue weighted by Crippen LogP contribution is 2.26. The van der Waals surface area contributed by atoms with Crippen molar-refractivity contribution in [3.8, 4) is 0 Å². The van der Waals surface area contributed by atoms with E-state index < -0.39 is 5.97 Å². The third kappa shape index (κ3) is 4.68. The van der Waals surface area contributed by atoms with Gasteiger partial charge in [0.25, 0.3) is 0 Å². The third-order valence-corrected chi connectivity index (χ3v) is 6.24. The monoisotopic (exact) mass is 365 g/mol. The van der Waals surface area contributed by atoms with Gasteiger partial charge in [-0.15, -0.1) is 0 Å². The van der Waals surface area contributed by atoms with E-state index in [1.807, 2.05) is 4.90 Å². The fourth-order valence-corrected chi connectivity index (χ4v) is 4.49. The van der Waals surface area contributed by atoms with Crippen molar-refractivity contribution in [2.45, 2.75) is 63.8 Å². The Hall–Kier alpha value is -1.79. The van der Waals surface area contributed by atoms with Crippen LogP contribution in [0, 0.1) is 11.8 Å². The van der Waals surface area contributed by atoms with E-state index in [-0.39, 0.29) is 29.8 Å². The SMILES string of the molecule is O=C(O)C1CCC(NC(=O)N2CCN(C(=O)C3CCCCC3)CC2)CC1. The molecule has 2 saturated carbocycles. The molecule has 0 aromatic rings. The van der Waals surface area contributed by atoms with E-state index >= 15 is 0 Å². The van der Waals surface area contributed by atoms with Gasteiger partial charge in [0.2, 0.25) is 5.91 Å². The van der Waals surface area contributed by atoms with Gasteiger partial charge in [0.15, 0.2) is 0 Å². The molecule has 7 nitrogen and oxygen atoms in total. The number of carboxylic acid groups (broad SMARTS) is 1. The van der Waals surface area contributed by atoms with Crippen molar-refractivity contribution in [1.82, 2.24) is 15.1 Å². The van der Waals surface area contributed by atoms with Crippen molar-refractivity contribution in [2.24, 2.45) is 11.8 Å². The summed E-state index contributed by atoms with van der Waals surface area (Å²) in [6.45, 7) is 2.40. The normalized spacial score (nSPS) is 27.8. The van der Waals surface area contributed by atoms with Crippen LogP contribution in [-0.2, 0) is 9.59 Å². The fraction of sp³-hybridized carbons (Fsp3) is 0.842. The van der Waals surface area contributed by atoms with Crippen LogP contribution in [0.25, 0.3) is 0 Å². The number of carbonyl (C=O) groups is 3. The maximum absolute atomic E-state index is 12.6. The number of hydrogen-bond acceptors (Lipinski definition) is 3. The molecule has 0 aromatic carbocycles. The number of urea groups is 1. The molecular formula is C19H31N3O4. The molecule has 1 saturated heterocycles. The van der Waals surface area contributed by atoms with Crippen LogP contribution >= 0.6 is 0 Å². The number of rotatable bonds is 3. The number of aliphatic carboxylic acids is 1. The number of carboxylic acids is 1. The van der Waals surface area contributed by atoms with E-state index in [1.165, 1.54) is 6.42 Å². The lowest BCUT2D eigenvalue weighted by atomic mass is 9.86. The number of amides is 3. The summed E-state index contributed by atoms with van der Waals surface area (Å²) in [6.07, 6.45) is 8.29. The topological polar surface area (TPSA) is 89.9 Å². The zero-order valence-corrected chi connectivity index (χ0v) is 15.5. The standard InChI is InChI=1S/C19H31N3O4/c23-17(14-4-2-1-3-5-14)21-10-12-22(13-11-21)19(26)20-16-8-6-15(7-9-16)18(24)25/h14-16H,1-13H2,(H,20,26)(H,24,25). The van der Waals surface area contributed by atoms with Gasteiger partial charge in [-0.05, 0) is 38.5 Å². The van der Waals surface area contributed by atoms with Gasteiger partial charge in [0.1, 0.15) is 0 Å². The molecule has 1 aliphatic heterocycles. The van der Waals surface area contributed by atoms with E-state index in [1.54, 1.807) is 4.90 Å². The quantitative estimate of drug-likeness (QED) is 0.801. The Morgan fingerprint density at radius 2 is 1.31 bits per heavy atom. The molecule has 3 rings (SSSR count). The maximum Gasteiger partial charge on any atom is 0.317 e. The minimum Gasteiger partial charge on any atom is -0.481 e. The Morgan fingerprint density at radius 1 is 0.731 bits per heavy atom. The zero-order valence-electron chi connectivity index (χ0n) is 15.5. The Kier molecular flexibility index (Phi) is 6.38. The molecule has 2 N–H and O–H groups in total. The summed E-state index contributed by atoms with van der Waals surface area (Å²) in [5.41, 5.74) is 0. The second-order valence-electron chi connectivity index (χ2n) is 7.98.